The maximum absolute atomic E-state index is 13.6. The molecule has 2 aromatic heterocycles. The summed E-state index contributed by atoms with van der Waals surface area (Å²) < 4.78 is 12.6. The lowest BCUT2D eigenvalue weighted by molar-refractivity contribution is 0.0996. The van der Waals surface area contributed by atoms with Crippen LogP contribution in [0.3, 0.4) is 0 Å². The zero-order chi connectivity index (χ0) is 27.5. The summed E-state index contributed by atoms with van der Waals surface area (Å²) in [5.41, 5.74) is 3.50. The van der Waals surface area contributed by atoms with E-state index in [1.807, 2.05) is 48.5 Å². The summed E-state index contributed by atoms with van der Waals surface area (Å²) in [5.74, 6) is 1.06. The molecule has 5 rings (SSSR count). The first-order valence-electron chi connectivity index (χ1n) is 12.8. The molecule has 1 amide bonds. The van der Waals surface area contributed by atoms with Gasteiger partial charge in [-0.05, 0) is 54.8 Å². The summed E-state index contributed by atoms with van der Waals surface area (Å²) in [7, 11) is 3.15. The van der Waals surface area contributed by atoms with E-state index >= 15 is 0 Å². The van der Waals surface area contributed by atoms with Gasteiger partial charge in [0.1, 0.15) is 11.5 Å². The van der Waals surface area contributed by atoms with Gasteiger partial charge in [-0.15, -0.1) is 10.2 Å². The Hall–Kier alpha value is -4.72. The average Bonchev–Trinajstić information content (AvgIpc) is 3.23. The molecule has 0 bridgehead atoms. The molecule has 5 aromatic rings. The summed E-state index contributed by atoms with van der Waals surface area (Å²) in [6.07, 6.45) is 0.867. The zero-order valence-corrected chi connectivity index (χ0v) is 22.4. The first-order chi connectivity index (χ1) is 18.9. The van der Waals surface area contributed by atoms with E-state index < -0.39 is 5.91 Å². The van der Waals surface area contributed by atoms with Gasteiger partial charge in [-0.3, -0.25) is 4.79 Å². The fourth-order valence-corrected chi connectivity index (χ4v) is 4.56. The van der Waals surface area contributed by atoms with E-state index in [0.29, 0.717) is 51.5 Å². The van der Waals surface area contributed by atoms with Crippen molar-refractivity contribution in [2.75, 3.05) is 14.2 Å². The Morgan fingerprint density at radius 3 is 2.33 bits per heavy atom. The highest BCUT2D eigenvalue weighted by molar-refractivity contribution is 6.08. The van der Waals surface area contributed by atoms with Crippen molar-refractivity contribution in [2.24, 2.45) is 16.1 Å². The van der Waals surface area contributed by atoms with Crippen molar-refractivity contribution < 1.29 is 19.4 Å². The van der Waals surface area contributed by atoms with Gasteiger partial charge >= 0.3 is 0 Å². The molecule has 0 aliphatic rings. The number of hydrogen-bond acceptors (Lipinski definition) is 6. The number of aryl methyl sites for hydroxylation is 1. The minimum absolute atomic E-state index is 0.0401. The molecule has 0 aliphatic carbocycles. The molecule has 0 atom stereocenters. The highest BCUT2D eigenvalue weighted by Gasteiger charge is 2.20. The number of methoxy groups -OCH3 is 2. The van der Waals surface area contributed by atoms with Crippen LogP contribution in [0.2, 0.25) is 0 Å². The highest BCUT2D eigenvalue weighted by Crippen LogP contribution is 2.41. The van der Waals surface area contributed by atoms with Gasteiger partial charge in [-0.2, -0.15) is 0 Å². The molecule has 39 heavy (non-hydrogen) atoms. The summed E-state index contributed by atoms with van der Waals surface area (Å²) in [6, 6.07) is 22.2. The number of carbonyl (C=O) groups is 1. The third kappa shape index (κ3) is 5.18. The fourth-order valence-electron chi connectivity index (χ4n) is 4.56. The Morgan fingerprint density at radius 1 is 0.949 bits per heavy atom. The van der Waals surface area contributed by atoms with Gasteiger partial charge in [-0.25, -0.2) is 4.98 Å². The Bertz CT molecular complexity index is 1690. The average molecular weight is 523 g/mol. The molecule has 1 N–H and O–H groups in total. The first kappa shape index (κ1) is 25.9. The van der Waals surface area contributed by atoms with Crippen molar-refractivity contribution in [3.05, 3.63) is 78.4 Å². The molecule has 2 heterocycles. The molecular weight excluding hydrogens is 492 g/mol. The summed E-state index contributed by atoms with van der Waals surface area (Å²) in [6.45, 7) is 4.86. The van der Waals surface area contributed by atoms with Gasteiger partial charge in [0, 0.05) is 22.9 Å². The third-order valence-electron chi connectivity index (χ3n) is 6.70. The Kier molecular flexibility index (Phi) is 7.27. The lowest BCUT2D eigenvalue weighted by atomic mass is 10.0. The van der Waals surface area contributed by atoms with E-state index in [4.69, 9.17) is 14.5 Å². The molecule has 198 valence electrons. The van der Waals surface area contributed by atoms with E-state index in [-0.39, 0.29) is 11.6 Å². The zero-order valence-electron chi connectivity index (χ0n) is 22.4. The molecule has 0 aliphatic heterocycles. The molecule has 0 fully saturated rings. The number of benzene rings is 3. The van der Waals surface area contributed by atoms with E-state index in [1.54, 1.807) is 43.1 Å². The molecule has 0 radical (unpaired) electrons. The minimum atomic E-state index is -0.557. The molecule has 8 nitrogen and oxygen atoms in total. The van der Waals surface area contributed by atoms with Crippen LogP contribution in [-0.2, 0) is 6.54 Å². The Morgan fingerprint density at radius 2 is 1.64 bits per heavy atom. The smallest absolute Gasteiger partial charge is 0.296 e. The van der Waals surface area contributed by atoms with Gasteiger partial charge in [0.2, 0.25) is 5.88 Å². The SMILES string of the molecule is COc1ccc2nc(-c3ccccc3)cc(C(=O)N=Nc3c(O)n(CCC(C)C)c4ccc(OC)cc34)c2c1. The highest BCUT2D eigenvalue weighted by atomic mass is 16.5. The largest absolute Gasteiger partial charge is 0.497 e. The van der Waals surface area contributed by atoms with Crippen molar-refractivity contribution in [1.82, 2.24) is 9.55 Å². The quantitative estimate of drug-likeness (QED) is 0.212. The second-order valence-electron chi connectivity index (χ2n) is 9.70. The third-order valence-corrected chi connectivity index (χ3v) is 6.70. The summed E-state index contributed by atoms with van der Waals surface area (Å²) in [5, 5.41) is 20.8. The summed E-state index contributed by atoms with van der Waals surface area (Å²) >= 11 is 0. The van der Waals surface area contributed by atoms with Crippen molar-refractivity contribution in [2.45, 2.75) is 26.8 Å². The monoisotopic (exact) mass is 522 g/mol. The number of azo groups is 1. The van der Waals surface area contributed by atoms with Gasteiger partial charge < -0.3 is 19.1 Å². The Balaban J connectivity index is 1.62. The lowest BCUT2D eigenvalue weighted by Gasteiger charge is -2.09. The number of rotatable bonds is 8. The molecule has 3 aromatic carbocycles. The molecule has 8 heteroatoms. The van der Waals surface area contributed by atoms with Crippen LogP contribution in [0.1, 0.15) is 30.6 Å². The minimum Gasteiger partial charge on any atom is -0.497 e. The number of pyridine rings is 1. The number of carbonyl (C=O) groups excluding carboxylic acids is 1. The lowest BCUT2D eigenvalue weighted by Crippen LogP contribution is -2.00. The number of aromatic hydroxyl groups is 1. The van der Waals surface area contributed by atoms with Gasteiger partial charge in [0.05, 0.1) is 36.5 Å². The van der Waals surface area contributed by atoms with Crippen LogP contribution >= 0.6 is 0 Å². The number of aromatic nitrogens is 2. The van der Waals surface area contributed by atoms with Crippen LogP contribution in [0.25, 0.3) is 33.1 Å². The molecule has 0 unspecified atom stereocenters. The molecule has 0 spiro atoms. The standard InChI is InChI=1S/C31H30N4O4/c1-19(2)14-15-35-28-13-11-22(39-4)17-25(28)29(31(35)37)33-34-30(36)24-18-27(20-8-6-5-7-9-20)32-26-12-10-21(38-3)16-23(24)26/h5-13,16-19,37H,14-15H2,1-4H3. The van der Waals surface area contributed by atoms with E-state index in [1.165, 1.54) is 0 Å². The van der Waals surface area contributed by atoms with Crippen molar-refractivity contribution in [1.29, 1.82) is 0 Å². The Labute approximate surface area is 226 Å². The van der Waals surface area contributed by atoms with Crippen LogP contribution in [-0.4, -0.2) is 34.8 Å². The van der Waals surface area contributed by atoms with Gasteiger partial charge in [0.15, 0.2) is 5.69 Å². The van der Waals surface area contributed by atoms with E-state index in [0.717, 1.165) is 17.5 Å². The molecule has 0 saturated carbocycles. The fraction of sp³-hybridized carbons (Fsp3) is 0.226. The maximum Gasteiger partial charge on any atom is 0.296 e. The maximum atomic E-state index is 13.6. The first-order valence-corrected chi connectivity index (χ1v) is 12.8. The normalized spacial score (nSPS) is 11.6. The van der Waals surface area contributed by atoms with Crippen LogP contribution in [0.5, 0.6) is 17.4 Å². The van der Waals surface area contributed by atoms with Crippen LogP contribution in [0, 0.1) is 5.92 Å². The second-order valence-corrected chi connectivity index (χ2v) is 9.70. The molecule has 0 saturated heterocycles. The van der Waals surface area contributed by atoms with Crippen LogP contribution < -0.4 is 9.47 Å². The van der Waals surface area contributed by atoms with Crippen LogP contribution in [0.15, 0.2) is 83.0 Å². The number of nitrogens with zero attached hydrogens (tertiary/aromatic N) is 4. The van der Waals surface area contributed by atoms with Crippen LogP contribution in [0.4, 0.5) is 5.69 Å². The van der Waals surface area contributed by atoms with Crippen molar-refractivity contribution in [3.63, 3.8) is 0 Å². The molecular formula is C31H30N4O4. The van der Waals surface area contributed by atoms with Crippen molar-refractivity contribution >= 4 is 33.4 Å². The second kappa shape index (κ2) is 10.9. The summed E-state index contributed by atoms with van der Waals surface area (Å²) in [4.78, 5) is 18.3. The predicted molar refractivity (Wildman–Crippen MR) is 152 cm³/mol. The topological polar surface area (TPSA) is 98.3 Å². The van der Waals surface area contributed by atoms with Gasteiger partial charge in [0.25, 0.3) is 5.91 Å². The number of amides is 1. The van der Waals surface area contributed by atoms with E-state index in [2.05, 4.69) is 24.1 Å². The number of ether oxygens (including phenoxy) is 2. The van der Waals surface area contributed by atoms with Gasteiger partial charge in [-0.1, -0.05) is 44.2 Å². The van der Waals surface area contributed by atoms with E-state index in [9.17, 15) is 9.90 Å². The number of hydrogen-bond donors (Lipinski definition) is 1. The number of fused-ring (bicyclic) bond motifs is 2. The predicted octanol–water partition coefficient (Wildman–Crippen LogP) is 7.55. The van der Waals surface area contributed by atoms with Crippen molar-refractivity contribution in [3.8, 4) is 28.6 Å².